The van der Waals surface area contributed by atoms with Crippen molar-refractivity contribution in [2.24, 2.45) is 7.05 Å². The zero-order valence-electron chi connectivity index (χ0n) is 11.3. The predicted octanol–water partition coefficient (Wildman–Crippen LogP) is 3.96. The normalized spacial score (nSPS) is 11.7. The number of nitrogens with zero attached hydrogens (tertiary/aromatic N) is 2. The SMILES string of the molecule is Cn1nccc1CCOc1ccc(CBr)cc1C(F)(F)F. The molecule has 0 aliphatic rings. The van der Waals surface area contributed by atoms with Crippen molar-refractivity contribution in [2.45, 2.75) is 17.9 Å². The molecule has 0 N–H and O–H groups in total. The van der Waals surface area contributed by atoms with Crippen LogP contribution >= 0.6 is 15.9 Å². The standard InChI is InChI=1S/C14H14BrF3N2O/c1-20-11(4-6-19-20)5-7-21-13-3-2-10(9-15)8-12(13)14(16,17)18/h2-4,6,8H,5,7,9H2,1H3. The van der Waals surface area contributed by atoms with Gasteiger partial charge in [0.05, 0.1) is 12.2 Å². The van der Waals surface area contributed by atoms with Crippen LogP contribution in [0.2, 0.25) is 0 Å². The summed E-state index contributed by atoms with van der Waals surface area (Å²) in [7, 11) is 1.78. The van der Waals surface area contributed by atoms with Crippen LogP contribution < -0.4 is 4.74 Å². The van der Waals surface area contributed by atoms with Crippen molar-refractivity contribution in [1.29, 1.82) is 0 Å². The summed E-state index contributed by atoms with van der Waals surface area (Å²) < 4.78 is 46.0. The number of aromatic nitrogens is 2. The summed E-state index contributed by atoms with van der Waals surface area (Å²) in [4.78, 5) is 0. The molecule has 3 nitrogen and oxygen atoms in total. The highest BCUT2D eigenvalue weighted by Gasteiger charge is 2.34. The summed E-state index contributed by atoms with van der Waals surface area (Å²) >= 11 is 3.15. The van der Waals surface area contributed by atoms with Gasteiger partial charge in [-0.1, -0.05) is 22.0 Å². The molecular formula is C14H14BrF3N2O. The minimum atomic E-state index is -4.43. The topological polar surface area (TPSA) is 27.1 Å². The highest BCUT2D eigenvalue weighted by atomic mass is 79.9. The van der Waals surface area contributed by atoms with Gasteiger partial charge in [0.15, 0.2) is 0 Å². The van der Waals surface area contributed by atoms with Gasteiger partial charge < -0.3 is 4.74 Å². The van der Waals surface area contributed by atoms with E-state index in [9.17, 15) is 13.2 Å². The lowest BCUT2D eigenvalue weighted by molar-refractivity contribution is -0.139. The molecular weight excluding hydrogens is 349 g/mol. The van der Waals surface area contributed by atoms with Crippen molar-refractivity contribution in [3.05, 3.63) is 47.3 Å². The number of hydrogen-bond acceptors (Lipinski definition) is 2. The lowest BCUT2D eigenvalue weighted by Crippen LogP contribution is -2.12. The van der Waals surface area contributed by atoms with Gasteiger partial charge in [-0.05, 0) is 23.8 Å². The Bertz CT molecular complexity index is 611. The summed E-state index contributed by atoms with van der Waals surface area (Å²) in [6, 6.07) is 5.89. The Morgan fingerprint density at radius 3 is 2.62 bits per heavy atom. The van der Waals surface area contributed by atoms with E-state index in [2.05, 4.69) is 21.0 Å². The first kappa shape index (κ1) is 15.9. The molecule has 1 aromatic heterocycles. The first-order valence-corrected chi connectivity index (χ1v) is 7.39. The monoisotopic (exact) mass is 362 g/mol. The molecule has 0 bridgehead atoms. The van der Waals surface area contributed by atoms with Crippen molar-refractivity contribution >= 4 is 15.9 Å². The number of halogens is 4. The zero-order chi connectivity index (χ0) is 15.5. The molecule has 1 aromatic carbocycles. The fourth-order valence-corrected chi connectivity index (χ4v) is 2.27. The Kier molecular flexibility index (Phi) is 4.92. The van der Waals surface area contributed by atoms with Gasteiger partial charge in [-0.25, -0.2) is 0 Å². The smallest absolute Gasteiger partial charge is 0.419 e. The second-order valence-electron chi connectivity index (χ2n) is 4.51. The summed E-state index contributed by atoms with van der Waals surface area (Å²) in [5.74, 6) is -0.144. The van der Waals surface area contributed by atoms with E-state index >= 15 is 0 Å². The molecule has 2 aromatic rings. The largest absolute Gasteiger partial charge is 0.493 e. The van der Waals surface area contributed by atoms with Gasteiger partial charge in [-0.3, -0.25) is 4.68 Å². The molecule has 0 spiro atoms. The molecule has 0 saturated carbocycles. The van der Waals surface area contributed by atoms with E-state index in [0.29, 0.717) is 17.3 Å². The molecule has 0 unspecified atom stereocenters. The van der Waals surface area contributed by atoms with Gasteiger partial charge >= 0.3 is 6.18 Å². The van der Waals surface area contributed by atoms with E-state index in [1.807, 2.05) is 6.07 Å². The molecule has 7 heteroatoms. The number of aryl methyl sites for hydroxylation is 1. The Morgan fingerprint density at radius 1 is 1.29 bits per heavy atom. The van der Waals surface area contributed by atoms with Crippen LogP contribution in [0.5, 0.6) is 5.75 Å². The fraction of sp³-hybridized carbons (Fsp3) is 0.357. The lowest BCUT2D eigenvalue weighted by Gasteiger charge is -2.15. The molecule has 0 saturated heterocycles. The van der Waals surface area contributed by atoms with Crippen LogP contribution in [0.15, 0.2) is 30.5 Å². The molecule has 1 heterocycles. The second-order valence-corrected chi connectivity index (χ2v) is 5.07. The third-order valence-electron chi connectivity index (χ3n) is 3.04. The van der Waals surface area contributed by atoms with Gasteiger partial charge in [0.1, 0.15) is 5.75 Å². The van der Waals surface area contributed by atoms with Crippen molar-refractivity contribution < 1.29 is 17.9 Å². The molecule has 0 amide bonds. The van der Waals surface area contributed by atoms with E-state index in [-0.39, 0.29) is 12.4 Å². The van der Waals surface area contributed by atoms with E-state index in [0.717, 1.165) is 11.8 Å². The van der Waals surface area contributed by atoms with E-state index in [1.54, 1.807) is 24.0 Å². The Morgan fingerprint density at radius 2 is 2.05 bits per heavy atom. The minimum Gasteiger partial charge on any atom is -0.493 e. The van der Waals surface area contributed by atoms with Crippen LogP contribution in [-0.4, -0.2) is 16.4 Å². The lowest BCUT2D eigenvalue weighted by atomic mass is 10.1. The van der Waals surface area contributed by atoms with Crippen LogP contribution in [-0.2, 0) is 25.0 Å². The summed E-state index contributed by atoms with van der Waals surface area (Å²) in [6.45, 7) is 0.163. The second kappa shape index (κ2) is 6.51. The summed E-state index contributed by atoms with van der Waals surface area (Å²) in [5, 5.41) is 4.36. The highest BCUT2D eigenvalue weighted by Crippen LogP contribution is 2.37. The van der Waals surface area contributed by atoms with Crippen LogP contribution in [0.25, 0.3) is 0 Å². The van der Waals surface area contributed by atoms with Gasteiger partial charge in [0.2, 0.25) is 0 Å². The van der Waals surface area contributed by atoms with Crippen LogP contribution in [0.3, 0.4) is 0 Å². The summed E-state index contributed by atoms with van der Waals surface area (Å²) in [5.41, 5.74) is 0.714. The molecule has 0 aliphatic heterocycles. The molecule has 0 radical (unpaired) electrons. The van der Waals surface area contributed by atoms with Crippen molar-refractivity contribution in [3.8, 4) is 5.75 Å². The summed E-state index contributed by atoms with van der Waals surface area (Å²) in [6.07, 6.45) is -2.30. The Labute approximate surface area is 128 Å². The first-order valence-electron chi connectivity index (χ1n) is 6.27. The maximum absolute atomic E-state index is 13.0. The maximum atomic E-state index is 13.0. The Hall–Kier alpha value is -1.50. The average molecular weight is 363 g/mol. The number of rotatable bonds is 5. The van der Waals surface area contributed by atoms with Crippen molar-refractivity contribution in [1.82, 2.24) is 9.78 Å². The number of ether oxygens (including phenoxy) is 1. The Balaban J connectivity index is 2.10. The fourth-order valence-electron chi connectivity index (χ4n) is 1.92. The maximum Gasteiger partial charge on any atom is 0.419 e. The van der Waals surface area contributed by atoms with Crippen molar-refractivity contribution in [3.63, 3.8) is 0 Å². The van der Waals surface area contributed by atoms with Gasteiger partial charge in [-0.2, -0.15) is 18.3 Å². The van der Waals surface area contributed by atoms with Crippen molar-refractivity contribution in [2.75, 3.05) is 6.61 Å². The molecule has 0 aliphatic carbocycles. The number of alkyl halides is 4. The quantitative estimate of drug-likeness (QED) is 0.752. The number of hydrogen-bond donors (Lipinski definition) is 0. The third-order valence-corrected chi connectivity index (χ3v) is 3.69. The zero-order valence-corrected chi connectivity index (χ0v) is 12.9. The average Bonchev–Trinajstić information content (AvgIpc) is 2.83. The minimum absolute atomic E-state index is 0.144. The number of benzene rings is 1. The van der Waals surface area contributed by atoms with Gasteiger partial charge in [0.25, 0.3) is 0 Å². The third kappa shape index (κ3) is 4.00. The van der Waals surface area contributed by atoms with Crippen LogP contribution in [0.1, 0.15) is 16.8 Å². The van der Waals surface area contributed by atoms with E-state index in [4.69, 9.17) is 4.74 Å². The van der Waals surface area contributed by atoms with Gasteiger partial charge in [-0.15, -0.1) is 0 Å². The molecule has 2 rings (SSSR count). The van der Waals surface area contributed by atoms with Crippen LogP contribution in [0.4, 0.5) is 13.2 Å². The predicted molar refractivity (Wildman–Crippen MR) is 76.5 cm³/mol. The van der Waals surface area contributed by atoms with E-state index in [1.165, 1.54) is 6.07 Å². The molecule has 0 atom stereocenters. The first-order chi connectivity index (χ1) is 9.91. The molecule has 114 valence electrons. The molecule has 21 heavy (non-hydrogen) atoms. The highest BCUT2D eigenvalue weighted by molar-refractivity contribution is 9.08. The van der Waals surface area contributed by atoms with Gasteiger partial charge in [0, 0.05) is 30.7 Å². The molecule has 0 fully saturated rings. The van der Waals surface area contributed by atoms with Crippen LogP contribution in [0, 0.1) is 0 Å². The van der Waals surface area contributed by atoms with E-state index < -0.39 is 11.7 Å².